The van der Waals surface area contributed by atoms with Crippen molar-refractivity contribution in [3.63, 3.8) is 0 Å². The number of aromatic nitrogens is 2. The molecule has 0 aliphatic carbocycles. The molecule has 3 aliphatic rings. The predicted molar refractivity (Wildman–Crippen MR) is 130 cm³/mol. The van der Waals surface area contributed by atoms with Gasteiger partial charge in [0.25, 0.3) is 0 Å². The Kier molecular flexibility index (Phi) is 7.92. The molecule has 0 bridgehead atoms. The van der Waals surface area contributed by atoms with Crippen molar-refractivity contribution in [2.45, 2.75) is 25.9 Å². The minimum atomic E-state index is 0.0152. The molecule has 2 aromatic rings. The van der Waals surface area contributed by atoms with E-state index in [1.54, 1.807) is 0 Å². The number of hydrogen-bond acceptors (Lipinski definition) is 8. The first kappa shape index (κ1) is 24.2. The van der Waals surface area contributed by atoms with Crippen LogP contribution in [0.1, 0.15) is 17.9 Å². The second kappa shape index (κ2) is 11.5. The number of hydrogen-bond donors (Lipinski definition) is 1. The van der Waals surface area contributed by atoms with E-state index in [0.29, 0.717) is 49.9 Å². The van der Waals surface area contributed by atoms with E-state index >= 15 is 0 Å². The Morgan fingerprint density at radius 2 is 1.89 bits per heavy atom. The summed E-state index contributed by atoms with van der Waals surface area (Å²) in [6, 6.07) is 8.34. The summed E-state index contributed by atoms with van der Waals surface area (Å²) in [4.78, 5) is 24.1. The lowest BCUT2D eigenvalue weighted by atomic mass is 9.97. The molecule has 3 aliphatic heterocycles. The Labute approximate surface area is 206 Å². The van der Waals surface area contributed by atoms with E-state index in [9.17, 15) is 4.79 Å². The summed E-state index contributed by atoms with van der Waals surface area (Å²) in [7, 11) is 0. The van der Waals surface area contributed by atoms with E-state index in [1.807, 2.05) is 36.1 Å². The summed E-state index contributed by atoms with van der Waals surface area (Å²) < 4.78 is 16.7. The first-order chi connectivity index (χ1) is 17.2. The van der Waals surface area contributed by atoms with Crippen LogP contribution >= 0.6 is 0 Å². The molecule has 3 fully saturated rings. The zero-order chi connectivity index (χ0) is 24.0. The van der Waals surface area contributed by atoms with E-state index in [2.05, 4.69) is 25.3 Å². The molecule has 0 unspecified atom stereocenters. The average Bonchev–Trinajstić information content (AvgIpc) is 3.58. The predicted octanol–water partition coefficient (Wildman–Crippen LogP) is 1.61. The number of amides is 2. The van der Waals surface area contributed by atoms with Gasteiger partial charge in [0, 0.05) is 69.9 Å². The van der Waals surface area contributed by atoms with Gasteiger partial charge in [-0.15, -0.1) is 0 Å². The fraction of sp³-hybridized carbons (Fsp3) is 0.640. The molecule has 0 saturated carbocycles. The average molecular weight is 485 g/mol. The number of carbonyl (C=O) groups is 1. The van der Waals surface area contributed by atoms with Crippen LogP contribution in [0.4, 0.5) is 4.79 Å². The summed E-state index contributed by atoms with van der Waals surface area (Å²) in [6.07, 6.45) is 1.05. The number of nitrogens with zero attached hydrogens (tertiary/aromatic N) is 5. The van der Waals surface area contributed by atoms with Gasteiger partial charge < -0.3 is 24.2 Å². The molecule has 4 heterocycles. The Hall–Kier alpha value is -2.53. The van der Waals surface area contributed by atoms with Crippen LogP contribution in [-0.2, 0) is 16.0 Å². The third kappa shape index (κ3) is 6.00. The van der Waals surface area contributed by atoms with Gasteiger partial charge in [-0.25, -0.2) is 4.79 Å². The molecule has 10 nitrogen and oxygen atoms in total. The molecule has 3 saturated heterocycles. The fourth-order valence-corrected chi connectivity index (χ4v) is 5.22. The third-order valence-electron chi connectivity index (χ3n) is 7.36. The molecular formula is C25H36N6O4. The van der Waals surface area contributed by atoms with Crippen LogP contribution in [0, 0.1) is 12.8 Å². The zero-order valence-corrected chi connectivity index (χ0v) is 20.5. The topological polar surface area (TPSA) is 96.2 Å². The highest BCUT2D eigenvalue weighted by Gasteiger charge is 2.32. The van der Waals surface area contributed by atoms with Crippen molar-refractivity contribution in [1.82, 2.24) is 30.2 Å². The Bertz CT molecular complexity index is 964. The van der Waals surface area contributed by atoms with Gasteiger partial charge in [0.15, 0.2) is 0 Å². The maximum absolute atomic E-state index is 12.9. The van der Waals surface area contributed by atoms with Gasteiger partial charge >= 0.3 is 6.03 Å². The van der Waals surface area contributed by atoms with Gasteiger partial charge in [-0.2, -0.15) is 4.98 Å². The lowest BCUT2D eigenvalue weighted by Crippen LogP contribution is -2.56. The second-order valence-electron chi connectivity index (χ2n) is 9.62. The highest BCUT2D eigenvalue weighted by Crippen LogP contribution is 2.22. The van der Waals surface area contributed by atoms with E-state index in [-0.39, 0.29) is 6.03 Å². The van der Waals surface area contributed by atoms with E-state index < -0.39 is 0 Å². The lowest BCUT2D eigenvalue weighted by molar-refractivity contribution is 0.00173. The van der Waals surface area contributed by atoms with Crippen molar-refractivity contribution in [3.8, 4) is 11.4 Å². The number of morpholine rings is 1. The summed E-state index contributed by atoms with van der Waals surface area (Å²) in [5.74, 6) is 1.69. The summed E-state index contributed by atoms with van der Waals surface area (Å²) in [5.41, 5.74) is 2.11. The van der Waals surface area contributed by atoms with Crippen molar-refractivity contribution in [2.24, 2.45) is 5.92 Å². The normalized spacial score (nSPS) is 22.9. The maximum Gasteiger partial charge on any atom is 0.317 e. The number of carbonyl (C=O) groups excluding carboxylic acids is 1. The first-order valence-electron chi connectivity index (χ1n) is 12.7. The van der Waals surface area contributed by atoms with E-state index in [0.717, 1.165) is 70.2 Å². The molecule has 190 valence electrons. The number of aryl methyl sites for hydroxylation is 1. The molecule has 1 aromatic carbocycles. The first-order valence-corrected chi connectivity index (χ1v) is 12.7. The minimum Gasteiger partial charge on any atom is -0.381 e. The molecule has 35 heavy (non-hydrogen) atoms. The maximum atomic E-state index is 12.9. The Balaban J connectivity index is 1.09. The van der Waals surface area contributed by atoms with Crippen LogP contribution in [0.3, 0.4) is 0 Å². The zero-order valence-electron chi connectivity index (χ0n) is 20.5. The molecule has 0 spiro atoms. The van der Waals surface area contributed by atoms with Crippen molar-refractivity contribution in [2.75, 3.05) is 72.2 Å². The van der Waals surface area contributed by atoms with Gasteiger partial charge in [0.05, 0.1) is 26.4 Å². The van der Waals surface area contributed by atoms with Crippen LogP contribution in [-0.4, -0.2) is 109 Å². The van der Waals surface area contributed by atoms with Crippen molar-refractivity contribution in [3.05, 3.63) is 35.7 Å². The highest BCUT2D eigenvalue weighted by molar-refractivity contribution is 5.74. The molecule has 5 rings (SSSR count). The number of piperazine rings is 1. The smallest absolute Gasteiger partial charge is 0.317 e. The fourth-order valence-electron chi connectivity index (χ4n) is 5.22. The summed E-state index contributed by atoms with van der Waals surface area (Å²) >= 11 is 0. The molecule has 1 N–H and O–H groups in total. The van der Waals surface area contributed by atoms with Gasteiger partial charge in [0.2, 0.25) is 11.7 Å². The third-order valence-corrected chi connectivity index (χ3v) is 7.36. The molecule has 2 atom stereocenters. The van der Waals surface area contributed by atoms with E-state index in [4.69, 9.17) is 14.0 Å². The van der Waals surface area contributed by atoms with Crippen molar-refractivity contribution in [1.29, 1.82) is 0 Å². The SMILES string of the molecule is Cc1ccccc1-c1noc(CN2CCN(C(=O)NC[C@@H]([C@@H]3CCOC3)N3CCOCC3)CC2)n1. The number of benzene rings is 1. The quantitative estimate of drug-likeness (QED) is 0.633. The van der Waals surface area contributed by atoms with E-state index in [1.165, 1.54) is 0 Å². The molecule has 1 aromatic heterocycles. The van der Waals surface area contributed by atoms with Gasteiger partial charge in [-0.3, -0.25) is 9.80 Å². The lowest BCUT2D eigenvalue weighted by Gasteiger charge is -2.38. The summed E-state index contributed by atoms with van der Waals surface area (Å²) in [5, 5.41) is 7.37. The molecule has 10 heteroatoms. The van der Waals surface area contributed by atoms with Crippen LogP contribution < -0.4 is 5.32 Å². The molecule has 0 radical (unpaired) electrons. The second-order valence-corrected chi connectivity index (χ2v) is 9.62. The van der Waals surface area contributed by atoms with Gasteiger partial charge in [0.1, 0.15) is 0 Å². The Morgan fingerprint density at radius 3 is 2.63 bits per heavy atom. The van der Waals surface area contributed by atoms with Gasteiger partial charge in [-0.1, -0.05) is 29.4 Å². The van der Waals surface area contributed by atoms with Gasteiger partial charge in [-0.05, 0) is 18.9 Å². The van der Waals surface area contributed by atoms with Crippen molar-refractivity contribution >= 4 is 6.03 Å². The Morgan fingerprint density at radius 1 is 1.09 bits per heavy atom. The largest absolute Gasteiger partial charge is 0.381 e. The number of urea groups is 1. The van der Waals surface area contributed by atoms with Crippen molar-refractivity contribution < 1.29 is 18.8 Å². The van der Waals surface area contributed by atoms with Crippen LogP contribution in [0.15, 0.2) is 28.8 Å². The van der Waals surface area contributed by atoms with Crippen LogP contribution in [0.2, 0.25) is 0 Å². The summed E-state index contributed by atoms with van der Waals surface area (Å²) in [6.45, 7) is 11.1. The monoisotopic (exact) mass is 484 g/mol. The highest BCUT2D eigenvalue weighted by atomic mass is 16.5. The number of nitrogens with one attached hydrogen (secondary N) is 1. The number of rotatable bonds is 7. The molecule has 2 amide bonds. The van der Waals surface area contributed by atoms with Crippen LogP contribution in [0.5, 0.6) is 0 Å². The number of ether oxygens (including phenoxy) is 2. The molecular weight excluding hydrogens is 448 g/mol. The minimum absolute atomic E-state index is 0.0152. The standard InChI is InChI=1S/C25H36N6O4/c1-19-4-2-3-5-21(19)24-27-23(35-28-24)17-29-7-9-31(10-8-29)25(32)26-16-22(20-6-13-34-18-20)30-11-14-33-15-12-30/h2-5,20,22H,6-18H2,1H3,(H,26,32)/t20-,22+/m1/s1. The van der Waals surface area contributed by atoms with Crippen LogP contribution in [0.25, 0.3) is 11.4 Å².